The summed E-state index contributed by atoms with van der Waals surface area (Å²) in [5.41, 5.74) is 0.902. The average molecular weight is 231 g/mol. The normalized spacial score (nSPS) is 11.5. The third-order valence-corrected chi connectivity index (χ3v) is 2.22. The summed E-state index contributed by atoms with van der Waals surface area (Å²) in [6.45, 7) is 0. The van der Waals surface area contributed by atoms with Crippen molar-refractivity contribution in [3.63, 3.8) is 0 Å². The Bertz CT molecular complexity index is 550. The van der Waals surface area contributed by atoms with Crippen molar-refractivity contribution >= 4 is 11.9 Å². The first-order valence-corrected chi connectivity index (χ1v) is 5.01. The second-order valence-electron chi connectivity index (χ2n) is 3.53. The second-order valence-corrected chi connectivity index (χ2v) is 3.53. The molecule has 0 amide bonds. The molecule has 0 aliphatic heterocycles. The van der Waals surface area contributed by atoms with Crippen LogP contribution in [0.2, 0.25) is 0 Å². The molecule has 0 radical (unpaired) electrons. The van der Waals surface area contributed by atoms with E-state index in [9.17, 15) is 14.7 Å². The van der Waals surface area contributed by atoms with Crippen LogP contribution in [0.5, 0.6) is 5.75 Å². The predicted octanol–water partition coefficient (Wildman–Crippen LogP) is 2.79. The maximum absolute atomic E-state index is 12.7. The van der Waals surface area contributed by atoms with Crippen molar-refractivity contribution < 1.29 is 14.2 Å². The van der Waals surface area contributed by atoms with Crippen molar-refractivity contribution in [3.8, 4) is 5.75 Å². The molecule has 0 aliphatic rings. The Morgan fingerprint density at radius 1 is 1.12 bits per heavy atom. The van der Waals surface area contributed by atoms with Crippen LogP contribution < -0.4 is 0 Å². The SMILES string of the molecule is [O-][N+](=Cc1ccc(F)cc1)c1cccc(O)c1. The number of halogens is 1. The van der Waals surface area contributed by atoms with Crippen LogP contribution in [0.15, 0.2) is 48.5 Å². The molecule has 0 unspecified atom stereocenters. The predicted molar refractivity (Wildman–Crippen MR) is 63.0 cm³/mol. The highest BCUT2D eigenvalue weighted by Gasteiger charge is 2.02. The van der Waals surface area contributed by atoms with Gasteiger partial charge in [0, 0.05) is 11.6 Å². The van der Waals surface area contributed by atoms with Gasteiger partial charge in [0.1, 0.15) is 11.6 Å². The largest absolute Gasteiger partial charge is 0.618 e. The van der Waals surface area contributed by atoms with Gasteiger partial charge in [0.15, 0.2) is 6.21 Å². The van der Waals surface area contributed by atoms with Gasteiger partial charge >= 0.3 is 0 Å². The molecule has 2 rings (SSSR count). The van der Waals surface area contributed by atoms with Gasteiger partial charge in [-0.25, -0.2) is 4.39 Å². The maximum Gasteiger partial charge on any atom is 0.220 e. The molecule has 0 spiro atoms. The molecule has 0 atom stereocenters. The van der Waals surface area contributed by atoms with Crippen LogP contribution in [0.1, 0.15) is 5.56 Å². The van der Waals surface area contributed by atoms with Gasteiger partial charge in [0.05, 0.1) is 6.07 Å². The molecule has 17 heavy (non-hydrogen) atoms. The molecule has 0 heterocycles. The molecular formula is C13H10FNO2. The lowest BCUT2D eigenvalue weighted by molar-refractivity contribution is -0.354. The lowest BCUT2D eigenvalue weighted by Gasteiger charge is -2.03. The van der Waals surface area contributed by atoms with Gasteiger partial charge in [-0.3, -0.25) is 0 Å². The number of phenolic OH excluding ortho intramolecular Hbond substituents is 1. The first-order chi connectivity index (χ1) is 8.15. The standard InChI is InChI=1S/C13H10FNO2/c14-11-6-4-10(5-7-11)9-15(17)12-2-1-3-13(16)8-12/h1-9,16H. The molecule has 4 heteroatoms. The Morgan fingerprint density at radius 3 is 2.47 bits per heavy atom. The number of rotatable bonds is 2. The topological polar surface area (TPSA) is 46.3 Å². The van der Waals surface area contributed by atoms with E-state index in [2.05, 4.69) is 0 Å². The molecule has 86 valence electrons. The molecule has 2 aromatic rings. The Labute approximate surface area is 97.7 Å². The minimum atomic E-state index is -0.350. The summed E-state index contributed by atoms with van der Waals surface area (Å²) < 4.78 is 13.3. The fourth-order valence-electron chi connectivity index (χ4n) is 1.39. The molecule has 2 aromatic carbocycles. The van der Waals surface area contributed by atoms with Crippen molar-refractivity contribution in [3.05, 3.63) is 65.1 Å². The Balaban J connectivity index is 2.30. The highest BCUT2D eigenvalue weighted by Crippen LogP contribution is 2.17. The number of aromatic hydroxyl groups is 1. The van der Waals surface area contributed by atoms with Crippen LogP contribution in [0, 0.1) is 11.0 Å². The monoisotopic (exact) mass is 231 g/mol. The molecular weight excluding hydrogens is 221 g/mol. The Kier molecular flexibility index (Phi) is 3.05. The van der Waals surface area contributed by atoms with Crippen molar-refractivity contribution in [1.29, 1.82) is 0 Å². The van der Waals surface area contributed by atoms with Crippen molar-refractivity contribution in [2.45, 2.75) is 0 Å². The van der Waals surface area contributed by atoms with E-state index in [0.29, 0.717) is 16.0 Å². The second kappa shape index (κ2) is 4.65. The summed E-state index contributed by atoms with van der Waals surface area (Å²) in [6, 6.07) is 11.6. The van der Waals surface area contributed by atoms with Gasteiger partial charge in [0.2, 0.25) is 5.69 Å². The molecule has 0 saturated heterocycles. The van der Waals surface area contributed by atoms with Gasteiger partial charge in [-0.2, -0.15) is 4.74 Å². The fourth-order valence-corrected chi connectivity index (χ4v) is 1.39. The molecule has 0 aromatic heterocycles. The van der Waals surface area contributed by atoms with Crippen LogP contribution in [0.25, 0.3) is 0 Å². The number of nitrogens with zero attached hydrogens (tertiary/aromatic N) is 1. The van der Waals surface area contributed by atoms with Gasteiger partial charge in [0.25, 0.3) is 0 Å². The van der Waals surface area contributed by atoms with Crippen LogP contribution in [0.4, 0.5) is 10.1 Å². The number of hydrogen-bond donors (Lipinski definition) is 1. The fraction of sp³-hybridized carbons (Fsp3) is 0. The van der Waals surface area contributed by atoms with E-state index in [-0.39, 0.29) is 11.6 Å². The van der Waals surface area contributed by atoms with Crippen molar-refractivity contribution in [1.82, 2.24) is 0 Å². The highest BCUT2D eigenvalue weighted by molar-refractivity contribution is 5.76. The van der Waals surface area contributed by atoms with Gasteiger partial charge in [-0.05, 0) is 30.3 Å². The summed E-state index contributed by atoms with van der Waals surface area (Å²) in [4.78, 5) is 0. The summed E-state index contributed by atoms with van der Waals surface area (Å²) in [7, 11) is 0. The summed E-state index contributed by atoms with van der Waals surface area (Å²) in [6.07, 6.45) is 1.31. The van der Waals surface area contributed by atoms with E-state index in [1.54, 1.807) is 12.1 Å². The number of benzene rings is 2. The van der Waals surface area contributed by atoms with Crippen molar-refractivity contribution in [2.24, 2.45) is 0 Å². The van der Waals surface area contributed by atoms with Crippen LogP contribution in [0.3, 0.4) is 0 Å². The van der Waals surface area contributed by atoms with E-state index < -0.39 is 0 Å². The van der Waals surface area contributed by atoms with Crippen LogP contribution in [-0.4, -0.2) is 16.1 Å². The lowest BCUT2D eigenvalue weighted by Crippen LogP contribution is -1.98. The molecule has 3 nitrogen and oxygen atoms in total. The van der Waals surface area contributed by atoms with E-state index >= 15 is 0 Å². The third-order valence-electron chi connectivity index (χ3n) is 2.22. The number of hydrogen-bond acceptors (Lipinski definition) is 2. The van der Waals surface area contributed by atoms with Crippen LogP contribution >= 0.6 is 0 Å². The molecule has 0 aliphatic carbocycles. The minimum absolute atomic E-state index is 0.0239. The van der Waals surface area contributed by atoms with E-state index in [0.717, 1.165) is 0 Å². The average Bonchev–Trinajstić information content (AvgIpc) is 2.32. The molecule has 0 fully saturated rings. The third kappa shape index (κ3) is 2.81. The maximum atomic E-state index is 12.7. The Hall–Kier alpha value is -2.36. The molecule has 1 N–H and O–H groups in total. The molecule has 0 saturated carbocycles. The van der Waals surface area contributed by atoms with E-state index in [1.807, 2.05) is 0 Å². The number of phenols is 1. The Morgan fingerprint density at radius 2 is 1.82 bits per heavy atom. The van der Waals surface area contributed by atoms with E-state index in [1.165, 1.54) is 42.6 Å². The van der Waals surface area contributed by atoms with E-state index in [4.69, 9.17) is 0 Å². The quantitative estimate of drug-likeness (QED) is 0.374. The van der Waals surface area contributed by atoms with Gasteiger partial charge in [-0.15, -0.1) is 0 Å². The zero-order valence-corrected chi connectivity index (χ0v) is 8.88. The van der Waals surface area contributed by atoms with Crippen molar-refractivity contribution in [2.75, 3.05) is 0 Å². The van der Waals surface area contributed by atoms with Gasteiger partial charge < -0.3 is 10.3 Å². The molecule has 0 bridgehead atoms. The first kappa shape index (κ1) is 11.1. The smallest absolute Gasteiger partial charge is 0.220 e. The van der Waals surface area contributed by atoms with Gasteiger partial charge in [-0.1, -0.05) is 6.07 Å². The highest BCUT2D eigenvalue weighted by atomic mass is 19.1. The summed E-state index contributed by atoms with van der Waals surface area (Å²) >= 11 is 0. The van der Waals surface area contributed by atoms with Crippen LogP contribution in [-0.2, 0) is 0 Å². The zero-order chi connectivity index (χ0) is 12.3. The minimum Gasteiger partial charge on any atom is -0.618 e. The first-order valence-electron chi connectivity index (χ1n) is 5.01. The lowest BCUT2D eigenvalue weighted by atomic mass is 10.2. The zero-order valence-electron chi connectivity index (χ0n) is 8.88. The summed E-state index contributed by atoms with van der Waals surface area (Å²) in [5, 5.41) is 20.9. The summed E-state index contributed by atoms with van der Waals surface area (Å²) in [5.74, 6) is -0.326.